The summed E-state index contributed by atoms with van der Waals surface area (Å²) in [4.78, 5) is 14.8. The molecule has 0 aromatic carbocycles. The molecule has 0 aliphatic heterocycles. The Kier molecular flexibility index (Phi) is 2.69. The van der Waals surface area contributed by atoms with Gasteiger partial charge < -0.3 is 15.2 Å². The van der Waals surface area contributed by atoms with E-state index < -0.39 is 5.91 Å². The molecule has 0 aliphatic carbocycles. The molecule has 1 aromatic heterocycles. The fourth-order valence-corrected chi connectivity index (χ4v) is 0.886. The summed E-state index contributed by atoms with van der Waals surface area (Å²) in [7, 11) is 2.87. The Bertz CT molecular complexity index is 325. The van der Waals surface area contributed by atoms with Crippen LogP contribution in [0.15, 0.2) is 12.3 Å². The van der Waals surface area contributed by atoms with Crippen LogP contribution in [0.3, 0.4) is 0 Å². The lowest BCUT2D eigenvalue weighted by molar-refractivity contribution is 0.0954. The molecular weight excluding hydrogens is 172 g/mol. The molecule has 0 spiro atoms. The minimum atomic E-state index is -0.448. The highest BCUT2D eigenvalue weighted by Crippen LogP contribution is 2.27. The molecule has 5 heteroatoms. The molecule has 0 atom stereocenters. The number of aromatic hydroxyl groups is 1. The first-order valence-electron chi connectivity index (χ1n) is 3.64. The van der Waals surface area contributed by atoms with E-state index in [2.05, 4.69) is 10.3 Å². The van der Waals surface area contributed by atoms with Crippen molar-refractivity contribution in [1.29, 1.82) is 0 Å². The zero-order valence-electron chi connectivity index (χ0n) is 7.37. The van der Waals surface area contributed by atoms with E-state index in [1.807, 2.05) is 0 Å². The number of hydrogen-bond donors (Lipinski definition) is 2. The third kappa shape index (κ3) is 1.69. The summed E-state index contributed by atoms with van der Waals surface area (Å²) in [5.41, 5.74) is -0.0400. The molecule has 0 bridgehead atoms. The number of rotatable bonds is 2. The molecule has 2 N–H and O–H groups in total. The second-order valence-electron chi connectivity index (χ2n) is 2.29. The summed E-state index contributed by atoms with van der Waals surface area (Å²) >= 11 is 0. The molecule has 1 aromatic rings. The number of ether oxygens (including phenoxy) is 1. The SMILES string of the molecule is CNC(=O)c1nccc(OC)c1O. The first-order chi connectivity index (χ1) is 6.20. The monoisotopic (exact) mass is 182 g/mol. The third-order valence-corrected chi connectivity index (χ3v) is 1.55. The van der Waals surface area contributed by atoms with Crippen LogP contribution in [0.25, 0.3) is 0 Å². The van der Waals surface area contributed by atoms with Crippen molar-refractivity contribution in [2.45, 2.75) is 0 Å². The Balaban J connectivity index is 3.15. The van der Waals surface area contributed by atoms with Crippen molar-refractivity contribution < 1.29 is 14.6 Å². The van der Waals surface area contributed by atoms with E-state index in [-0.39, 0.29) is 17.2 Å². The molecule has 0 unspecified atom stereocenters. The first kappa shape index (κ1) is 9.31. The molecule has 5 nitrogen and oxygen atoms in total. The van der Waals surface area contributed by atoms with E-state index in [0.717, 1.165) is 0 Å². The molecule has 70 valence electrons. The van der Waals surface area contributed by atoms with Crippen LogP contribution in [0.5, 0.6) is 11.5 Å². The average Bonchev–Trinajstić information content (AvgIpc) is 2.17. The Morgan fingerprint density at radius 2 is 2.38 bits per heavy atom. The van der Waals surface area contributed by atoms with Gasteiger partial charge in [0.05, 0.1) is 7.11 Å². The van der Waals surface area contributed by atoms with Gasteiger partial charge in [0.1, 0.15) is 0 Å². The fraction of sp³-hybridized carbons (Fsp3) is 0.250. The predicted octanol–water partition coefficient (Wildman–Crippen LogP) is 0.155. The van der Waals surface area contributed by atoms with E-state index >= 15 is 0 Å². The van der Waals surface area contributed by atoms with Crippen LogP contribution in [0.1, 0.15) is 10.5 Å². The maximum Gasteiger partial charge on any atom is 0.273 e. The summed E-state index contributed by atoms with van der Waals surface area (Å²) in [5.74, 6) is -0.464. The molecular formula is C8H10N2O3. The zero-order valence-corrected chi connectivity index (χ0v) is 7.37. The van der Waals surface area contributed by atoms with Crippen molar-refractivity contribution in [2.24, 2.45) is 0 Å². The van der Waals surface area contributed by atoms with Crippen molar-refractivity contribution in [3.63, 3.8) is 0 Å². The largest absolute Gasteiger partial charge is 0.503 e. The van der Waals surface area contributed by atoms with Crippen molar-refractivity contribution in [2.75, 3.05) is 14.2 Å². The maximum atomic E-state index is 11.1. The van der Waals surface area contributed by atoms with Crippen molar-refractivity contribution in [3.05, 3.63) is 18.0 Å². The Morgan fingerprint density at radius 1 is 1.69 bits per heavy atom. The average molecular weight is 182 g/mol. The molecule has 13 heavy (non-hydrogen) atoms. The standard InChI is InChI=1S/C8H10N2O3/c1-9-8(12)6-7(11)5(13-2)3-4-10-6/h3-4,11H,1-2H3,(H,9,12). The zero-order chi connectivity index (χ0) is 9.84. The summed E-state index contributed by atoms with van der Waals surface area (Å²) in [6.45, 7) is 0. The Labute approximate surface area is 75.4 Å². The van der Waals surface area contributed by atoms with Crippen LogP contribution in [0.2, 0.25) is 0 Å². The van der Waals surface area contributed by atoms with Gasteiger partial charge in [-0.2, -0.15) is 0 Å². The van der Waals surface area contributed by atoms with Crippen LogP contribution in [-0.2, 0) is 0 Å². The minimum absolute atomic E-state index is 0.0400. The van der Waals surface area contributed by atoms with E-state index in [9.17, 15) is 9.90 Å². The number of nitrogens with one attached hydrogen (secondary N) is 1. The number of nitrogens with zero attached hydrogens (tertiary/aromatic N) is 1. The lowest BCUT2D eigenvalue weighted by Gasteiger charge is -2.05. The molecule has 0 saturated heterocycles. The van der Waals surface area contributed by atoms with Crippen molar-refractivity contribution in [3.8, 4) is 11.5 Å². The normalized spacial score (nSPS) is 9.38. The Morgan fingerprint density at radius 3 is 2.92 bits per heavy atom. The van der Waals surface area contributed by atoms with Crippen LogP contribution in [-0.4, -0.2) is 30.2 Å². The highest BCUT2D eigenvalue weighted by Gasteiger charge is 2.14. The summed E-state index contributed by atoms with van der Waals surface area (Å²) < 4.78 is 4.81. The summed E-state index contributed by atoms with van der Waals surface area (Å²) in [6.07, 6.45) is 1.39. The van der Waals surface area contributed by atoms with Gasteiger partial charge in [-0.05, 0) is 0 Å². The maximum absolute atomic E-state index is 11.1. The van der Waals surface area contributed by atoms with E-state index in [1.54, 1.807) is 0 Å². The fourth-order valence-electron chi connectivity index (χ4n) is 0.886. The van der Waals surface area contributed by atoms with Crippen molar-refractivity contribution in [1.82, 2.24) is 10.3 Å². The minimum Gasteiger partial charge on any atom is -0.503 e. The quantitative estimate of drug-likeness (QED) is 0.683. The van der Waals surface area contributed by atoms with Crippen LogP contribution in [0.4, 0.5) is 0 Å². The number of aromatic nitrogens is 1. The Hall–Kier alpha value is -1.78. The van der Waals surface area contributed by atoms with Gasteiger partial charge in [-0.3, -0.25) is 4.79 Å². The number of hydrogen-bond acceptors (Lipinski definition) is 4. The number of carbonyl (C=O) groups is 1. The molecule has 0 aliphatic rings. The number of methoxy groups -OCH3 is 1. The smallest absolute Gasteiger partial charge is 0.273 e. The van der Waals surface area contributed by atoms with Gasteiger partial charge in [0.2, 0.25) is 0 Å². The summed E-state index contributed by atoms with van der Waals surface area (Å²) in [5, 5.41) is 11.8. The molecule has 1 heterocycles. The van der Waals surface area contributed by atoms with E-state index in [1.165, 1.54) is 26.4 Å². The third-order valence-electron chi connectivity index (χ3n) is 1.55. The summed E-state index contributed by atoms with van der Waals surface area (Å²) in [6, 6.07) is 1.47. The van der Waals surface area contributed by atoms with Crippen LogP contribution < -0.4 is 10.1 Å². The van der Waals surface area contributed by atoms with Gasteiger partial charge in [0.15, 0.2) is 17.2 Å². The number of carbonyl (C=O) groups excluding carboxylic acids is 1. The first-order valence-corrected chi connectivity index (χ1v) is 3.64. The number of amides is 1. The molecule has 0 saturated carbocycles. The van der Waals surface area contributed by atoms with E-state index in [0.29, 0.717) is 0 Å². The lowest BCUT2D eigenvalue weighted by atomic mass is 10.3. The van der Waals surface area contributed by atoms with Crippen molar-refractivity contribution >= 4 is 5.91 Å². The molecule has 1 amide bonds. The lowest BCUT2D eigenvalue weighted by Crippen LogP contribution is -2.19. The van der Waals surface area contributed by atoms with Gasteiger partial charge >= 0.3 is 0 Å². The predicted molar refractivity (Wildman–Crippen MR) is 45.8 cm³/mol. The molecule has 0 radical (unpaired) electrons. The van der Waals surface area contributed by atoms with Gasteiger partial charge in [0.25, 0.3) is 5.91 Å². The van der Waals surface area contributed by atoms with Crippen LogP contribution in [0, 0.1) is 0 Å². The van der Waals surface area contributed by atoms with Gasteiger partial charge in [-0.25, -0.2) is 4.98 Å². The number of pyridine rings is 1. The molecule has 1 rings (SSSR count). The van der Waals surface area contributed by atoms with Gasteiger partial charge in [0, 0.05) is 19.3 Å². The second kappa shape index (κ2) is 3.75. The van der Waals surface area contributed by atoms with Gasteiger partial charge in [-0.1, -0.05) is 0 Å². The van der Waals surface area contributed by atoms with Gasteiger partial charge in [-0.15, -0.1) is 0 Å². The molecule has 0 fully saturated rings. The highest BCUT2D eigenvalue weighted by molar-refractivity contribution is 5.95. The second-order valence-corrected chi connectivity index (χ2v) is 2.29. The topological polar surface area (TPSA) is 71.5 Å². The van der Waals surface area contributed by atoms with E-state index in [4.69, 9.17) is 4.74 Å². The van der Waals surface area contributed by atoms with Crippen LogP contribution >= 0.6 is 0 Å². The highest BCUT2D eigenvalue weighted by atomic mass is 16.5.